The van der Waals surface area contributed by atoms with Crippen LogP contribution in [0.5, 0.6) is 0 Å². The van der Waals surface area contributed by atoms with Crippen LogP contribution in [0.25, 0.3) is 0 Å². The van der Waals surface area contributed by atoms with E-state index in [1.54, 1.807) is 0 Å². The van der Waals surface area contributed by atoms with Gasteiger partial charge in [0.15, 0.2) is 12.3 Å². The van der Waals surface area contributed by atoms with Crippen LogP contribution in [0.15, 0.2) is 28.4 Å². The highest BCUT2D eigenvalue weighted by atomic mass is 19.4. The normalized spacial score (nSPS) is 20.5. The van der Waals surface area contributed by atoms with Crippen molar-refractivity contribution in [3.05, 3.63) is 29.8 Å². The second-order valence-corrected chi connectivity index (χ2v) is 3.94. The second-order valence-electron chi connectivity index (χ2n) is 3.94. The highest BCUT2D eigenvalue weighted by molar-refractivity contribution is 6.32. The Balaban J connectivity index is 2.09. The van der Waals surface area contributed by atoms with E-state index >= 15 is 0 Å². The molecular weight excluding hydrogens is 266 g/mol. The number of hydrogen-bond acceptors (Lipinski definition) is 4. The monoisotopic (exact) mass is 275 g/mol. The lowest BCUT2D eigenvalue weighted by molar-refractivity contribution is -0.208. The van der Waals surface area contributed by atoms with Crippen molar-refractivity contribution in [1.82, 2.24) is 4.98 Å². The smallest absolute Gasteiger partial charge is 0.380 e. The number of nitrogens with zero attached hydrogens (tertiary/aromatic N) is 3. The molecule has 0 fully saturated rings. The molecule has 2 atom stereocenters. The third-order valence-electron chi connectivity index (χ3n) is 2.52. The summed E-state index contributed by atoms with van der Waals surface area (Å²) in [5.74, 6) is -0.571. The van der Waals surface area contributed by atoms with Crippen LogP contribution in [0.2, 0.25) is 0 Å². The number of halogens is 4. The fourth-order valence-corrected chi connectivity index (χ4v) is 1.55. The van der Waals surface area contributed by atoms with Crippen molar-refractivity contribution < 1.29 is 22.7 Å². The van der Waals surface area contributed by atoms with Crippen LogP contribution in [0.1, 0.15) is 5.56 Å². The van der Waals surface area contributed by atoms with Crippen LogP contribution < -0.4 is 0 Å². The maximum atomic E-state index is 13.3. The zero-order chi connectivity index (χ0) is 14.0. The summed E-state index contributed by atoms with van der Waals surface area (Å²) < 4.78 is 50.1. The third-order valence-corrected chi connectivity index (χ3v) is 2.52. The van der Waals surface area contributed by atoms with E-state index in [1.165, 1.54) is 12.3 Å². The quantitative estimate of drug-likeness (QED) is 0.851. The summed E-state index contributed by atoms with van der Waals surface area (Å²) in [5.41, 5.74) is 0.431. The maximum Gasteiger partial charge on any atom is 0.418 e. The van der Waals surface area contributed by atoms with Crippen LogP contribution in [0.3, 0.4) is 0 Å². The van der Waals surface area contributed by atoms with Crippen molar-refractivity contribution in [2.75, 3.05) is 0 Å². The molecule has 102 valence electrons. The molecule has 0 saturated heterocycles. The number of aromatic nitrogens is 1. The van der Waals surface area contributed by atoms with Gasteiger partial charge in [-0.1, -0.05) is 0 Å². The molecule has 19 heavy (non-hydrogen) atoms. The second kappa shape index (κ2) is 5.04. The summed E-state index contributed by atoms with van der Waals surface area (Å²) in [6.07, 6.45) is -5.57. The lowest BCUT2D eigenvalue weighted by Gasteiger charge is -2.16. The van der Waals surface area contributed by atoms with Gasteiger partial charge in [-0.05, 0) is 11.6 Å². The van der Waals surface area contributed by atoms with Crippen molar-refractivity contribution >= 4 is 11.9 Å². The Morgan fingerprint density at radius 2 is 2.11 bits per heavy atom. The summed E-state index contributed by atoms with van der Waals surface area (Å²) in [4.78, 5) is 10.7. The number of hydrogen-bond donors (Lipinski definition) is 1. The van der Waals surface area contributed by atoms with Crippen molar-refractivity contribution in [1.29, 1.82) is 0 Å². The van der Waals surface area contributed by atoms with E-state index in [-0.39, 0.29) is 17.7 Å². The van der Waals surface area contributed by atoms with Gasteiger partial charge in [0, 0.05) is 18.8 Å². The minimum absolute atomic E-state index is 0.00106. The van der Waals surface area contributed by atoms with E-state index in [4.69, 9.17) is 5.11 Å². The lowest BCUT2D eigenvalue weighted by atomic mass is 10.1. The summed E-state index contributed by atoms with van der Waals surface area (Å²) in [5, 5.41) is 8.99. The lowest BCUT2D eigenvalue weighted by Crippen LogP contribution is -2.37. The molecule has 8 heteroatoms. The summed E-state index contributed by atoms with van der Waals surface area (Å²) >= 11 is 0. The first kappa shape index (κ1) is 13.6. The molecule has 1 aromatic rings. The molecule has 2 unspecified atom stereocenters. The van der Waals surface area contributed by atoms with Crippen LogP contribution in [-0.4, -0.2) is 40.5 Å². The first-order valence-corrected chi connectivity index (χ1v) is 5.31. The molecule has 0 amide bonds. The van der Waals surface area contributed by atoms with Gasteiger partial charge in [-0.25, -0.2) is 4.39 Å². The first-order chi connectivity index (χ1) is 8.88. The Labute approximate surface area is 105 Å². The zero-order valence-corrected chi connectivity index (χ0v) is 9.47. The average molecular weight is 275 g/mol. The summed E-state index contributed by atoms with van der Waals surface area (Å²) in [6, 6.07) is 1.40. The Bertz CT molecular complexity index is 527. The van der Waals surface area contributed by atoms with Crippen molar-refractivity contribution in [3.8, 4) is 0 Å². The highest BCUT2D eigenvalue weighted by Gasteiger charge is 2.44. The van der Waals surface area contributed by atoms with Crippen molar-refractivity contribution in [2.24, 2.45) is 9.98 Å². The molecule has 0 saturated carbocycles. The zero-order valence-electron chi connectivity index (χ0n) is 9.47. The van der Waals surface area contributed by atoms with Gasteiger partial charge < -0.3 is 5.11 Å². The number of rotatable bonds is 3. The van der Waals surface area contributed by atoms with Gasteiger partial charge in [0.2, 0.25) is 0 Å². The molecule has 0 radical (unpaired) electrons. The molecule has 0 aliphatic carbocycles. The van der Waals surface area contributed by atoms with E-state index in [0.29, 0.717) is 0 Å². The van der Waals surface area contributed by atoms with Crippen LogP contribution in [0, 0.1) is 5.82 Å². The van der Waals surface area contributed by atoms with Gasteiger partial charge in [0.05, 0.1) is 11.9 Å². The largest absolute Gasteiger partial charge is 0.418 e. The van der Waals surface area contributed by atoms with Gasteiger partial charge in [-0.3, -0.25) is 15.0 Å². The Morgan fingerprint density at radius 1 is 1.37 bits per heavy atom. The molecule has 2 heterocycles. The van der Waals surface area contributed by atoms with Crippen molar-refractivity contribution in [3.63, 3.8) is 0 Å². The molecule has 4 nitrogen and oxygen atoms in total. The fourth-order valence-electron chi connectivity index (χ4n) is 1.55. The molecule has 0 spiro atoms. The third kappa shape index (κ3) is 3.14. The SMILES string of the molecule is OC(C1N=CC(Cc2ccncc2F)=N1)C(F)(F)F. The van der Waals surface area contributed by atoms with Crippen LogP contribution in [-0.2, 0) is 6.42 Å². The predicted molar refractivity (Wildman–Crippen MR) is 59.7 cm³/mol. The predicted octanol–water partition coefficient (Wildman–Crippen LogP) is 1.54. The van der Waals surface area contributed by atoms with Crippen LogP contribution in [0.4, 0.5) is 17.6 Å². The van der Waals surface area contributed by atoms with Gasteiger partial charge in [0.1, 0.15) is 5.82 Å². The summed E-state index contributed by atoms with van der Waals surface area (Å²) in [7, 11) is 0. The van der Waals surface area contributed by atoms with E-state index < -0.39 is 24.3 Å². The summed E-state index contributed by atoms with van der Waals surface area (Å²) in [6.45, 7) is 0. The van der Waals surface area contributed by atoms with Gasteiger partial charge in [-0.15, -0.1) is 0 Å². The Morgan fingerprint density at radius 3 is 2.74 bits per heavy atom. The van der Waals surface area contributed by atoms with Crippen molar-refractivity contribution in [2.45, 2.75) is 24.9 Å². The fraction of sp³-hybridized carbons (Fsp3) is 0.364. The topological polar surface area (TPSA) is 57.8 Å². The molecule has 1 aliphatic rings. The minimum atomic E-state index is -4.79. The Hall–Kier alpha value is -1.83. The highest BCUT2D eigenvalue weighted by Crippen LogP contribution is 2.25. The number of aliphatic hydroxyl groups excluding tert-OH is 1. The molecule has 1 aliphatic heterocycles. The Kier molecular flexibility index (Phi) is 3.61. The maximum absolute atomic E-state index is 13.3. The van der Waals surface area contributed by atoms with Crippen LogP contribution >= 0.6 is 0 Å². The molecular formula is C11H9F4N3O. The standard InChI is InChI=1S/C11H9F4N3O/c12-8-5-16-2-1-6(8)3-7-4-17-10(18-7)9(19)11(13,14)15/h1-2,4-5,9-10,19H,3H2. The first-order valence-electron chi connectivity index (χ1n) is 5.31. The average Bonchev–Trinajstić information content (AvgIpc) is 2.78. The molecule has 2 rings (SSSR count). The number of pyridine rings is 1. The molecule has 1 N–H and O–H groups in total. The number of aliphatic imine (C=N–C) groups is 2. The molecule has 0 aromatic carbocycles. The number of alkyl halides is 3. The minimum Gasteiger partial charge on any atom is -0.380 e. The van der Waals surface area contributed by atoms with E-state index in [9.17, 15) is 17.6 Å². The molecule has 0 bridgehead atoms. The van der Waals surface area contributed by atoms with Gasteiger partial charge >= 0.3 is 6.18 Å². The van der Waals surface area contributed by atoms with Gasteiger partial charge in [0.25, 0.3) is 0 Å². The van der Waals surface area contributed by atoms with E-state index in [2.05, 4.69) is 15.0 Å². The van der Waals surface area contributed by atoms with E-state index in [1.807, 2.05) is 0 Å². The van der Waals surface area contributed by atoms with Gasteiger partial charge in [-0.2, -0.15) is 13.2 Å². The van der Waals surface area contributed by atoms with E-state index in [0.717, 1.165) is 12.4 Å². The molecule has 1 aromatic heterocycles. The number of aliphatic hydroxyl groups is 1.